The lowest BCUT2D eigenvalue weighted by Crippen LogP contribution is -2.20. The molecule has 0 aromatic heterocycles. The molecule has 2 N–H and O–H groups in total. The van der Waals surface area contributed by atoms with Crippen molar-refractivity contribution in [1.82, 2.24) is 0 Å². The highest BCUT2D eigenvalue weighted by atomic mass is 79.9. The number of alkyl halides is 3. The third-order valence-corrected chi connectivity index (χ3v) is 2.92. The van der Waals surface area contributed by atoms with E-state index in [0.29, 0.717) is 4.47 Å². The zero-order chi connectivity index (χ0) is 12.6. The molecular formula is C11H10BrF3N2. The predicted octanol–water partition coefficient (Wildman–Crippen LogP) is 3.34. The van der Waals surface area contributed by atoms with E-state index in [1.807, 2.05) is 0 Å². The molecule has 1 saturated carbocycles. The van der Waals surface area contributed by atoms with Gasteiger partial charge >= 0.3 is 6.18 Å². The molecule has 0 atom stereocenters. The topological polar surface area (TPSA) is 38.4 Å². The molecule has 2 rings (SSSR count). The summed E-state index contributed by atoms with van der Waals surface area (Å²) in [4.78, 5) is 4.04. The van der Waals surface area contributed by atoms with Crippen molar-refractivity contribution in [2.45, 2.75) is 25.1 Å². The summed E-state index contributed by atoms with van der Waals surface area (Å²) in [6.07, 6.45) is -2.63. The lowest BCUT2D eigenvalue weighted by Gasteiger charge is -2.12. The predicted molar refractivity (Wildman–Crippen MR) is 62.9 cm³/mol. The molecule has 0 spiro atoms. The van der Waals surface area contributed by atoms with Crippen molar-refractivity contribution in [3.63, 3.8) is 0 Å². The molecule has 0 aliphatic heterocycles. The molecule has 6 heteroatoms. The fourth-order valence-corrected chi connectivity index (χ4v) is 1.81. The van der Waals surface area contributed by atoms with Crippen molar-refractivity contribution in [3.05, 3.63) is 33.8 Å². The smallest absolute Gasteiger partial charge is 0.383 e. The first-order chi connectivity index (χ1) is 7.88. The normalized spacial score (nSPS) is 17.3. The molecule has 1 fully saturated rings. The molecule has 0 bridgehead atoms. The molecule has 0 unspecified atom stereocenters. The van der Waals surface area contributed by atoms with Gasteiger partial charge in [0, 0.05) is 10.0 Å². The Kier molecular flexibility index (Phi) is 3.16. The Morgan fingerprint density at radius 2 is 2.00 bits per heavy atom. The molecule has 17 heavy (non-hydrogen) atoms. The Hall–Kier alpha value is -1.04. The Balaban J connectivity index is 2.45. The number of rotatable bonds is 2. The summed E-state index contributed by atoms with van der Waals surface area (Å²) in [5.74, 6) is -0.0349. The molecule has 0 saturated heterocycles. The van der Waals surface area contributed by atoms with Gasteiger partial charge in [-0.2, -0.15) is 13.2 Å². The van der Waals surface area contributed by atoms with Gasteiger partial charge in [-0.1, -0.05) is 15.9 Å². The van der Waals surface area contributed by atoms with Crippen molar-refractivity contribution in [2.75, 3.05) is 0 Å². The van der Waals surface area contributed by atoms with E-state index in [4.69, 9.17) is 5.73 Å². The summed E-state index contributed by atoms with van der Waals surface area (Å²) in [7, 11) is 0. The van der Waals surface area contributed by atoms with Crippen LogP contribution in [0.25, 0.3) is 0 Å². The van der Waals surface area contributed by atoms with E-state index < -0.39 is 11.7 Å². The van der Waals surface area contributed by atoms with Gasteiger partial charge in [-0.15, -0.1) is 0 Å². The van der Waals surface area contributed by atoms with E-state index in [0.717, 1.165) is 18.9 Å². The van der Waals surface area contributed by atoms with Crippen molar-refractivity contribution in [1.29, 1.82) is 0 Å². The van der Waals surface area contributed by atoms with Crippen LogP contribution >= 0.6 is 15.9 Å². The quantitative estimate of drug-likeness (QED) is 0.660. The number of aliphatic imine (C=N–C) groups is 1. The van der Waals surface area contributed by atoms with Crippen LogP contribution in [0.2, 0.25) is 0 Å². The molecule has 1 aliphatic carbocycles. The third-order valence-electron chi connectivity index (χ3n) is 2.43. The second-order valence-electron chi connectivity index (χ2n) is 3.93. The lowest BCUT2D eigenvalue weighted by molar-refractivity contribution is -0.137. The van der Waals surface area contributed by atoms with Gasteiger partial charge in [0.2, 0.25) is 0 Å². The summed E-state index contributed by atoms with van der Waals surface area (Å²) in [5, 5.41) is 0. The molecule has 0 amide bonds. The summed E-state index contributed by atoms with van der Waals surface area (Å²) in [6, 6.07) is 3.98. The van der Waals surface area contributed by atoms with E-state index in [1.54, 1.807) is 0 Å². The van der Waals surface area contributed by atoms with Crippen LogP contribution in [0.1, 0.15) is 24.0 Å². The van der Waals surface area contributed by atoms with Crippen molar-refractivity contribution >= 4 is 21.8 Å². The molecular weight excluding hydrogens is 297 g/mol. The molecule has 1 aromatic carbocycles. The maximum Gasteiger partial charge on any atom is 0.417 e. The average molecular weight is 307 g/mol. The summed E-state index contributed by atoms with van der Waals surface area (Å²) < 4.78 is 38.8. The number of halogens is 4. The van der Waals surface area contributed by atoms with Gasteiger partial charge in [-0.3, -0.25) is 4.99 Å². The van der Waals surface area contributed by atoms with Crippen LogP contribution in [0, 0.1) is 0 Å². The fraction of sp³-hybridized carbons (Fsp3) is 0.364. The highest BCUT2D eigenvalue weighted by molar-refractivity contribution is 9.10. The third kappa shape index (κ3) is 3.00. The van der Waals surface area contributed by atoms with Crippen LogP contribution in [-0.4, -0.2) is 11.9 Å². The Labute approximate surface area is 105 Å². The van der Waals surface area contributed by atoms with Gasteiger partial charge in [0.1, 0.15) is 5.84 Å². The Morgan fingerprint density at radius 3 is 2.53 bits per heavy atom. The highest BCUT2D eigenvalue weighted by Gasteiger charge is 2.34. The minimum absolute atomic E-state index is 0.0349. The van der Waals surface area contributed by atoms with Crippen LogP contribution in [-0.2, 0) is 6.18 Å². The Morgan fingerprint density at radius 1 is 1.35 bits per heavy atom. The largest absolute Gasteiger partial charge is 0.417 e. The number of amidine groups is 1. The van der Waals surface area contributed by atoms with Gasteiger partial charge in [0.15, 0.2) is 0 Å². The summed E-state index contributed by atoms with van der Waals surface area (Å²) in [6.45, 7) is 0. The number of nitrogens with zero attached hydrogens (tertiary/aromatic N) is 1. The van der Waals surface area contributed by atoms with Crippen LogP contribution in [0.3, 0.4) is 0 Å². The first-order valence-corrected chi connectivity index (χ1v) is 5.87. The van der Waals surface area contributed by atoms with Crippen molar-refractivity contribution in [2.24, 2.45) is 10.7 Å². The molecule has 1 aliphatic rings. The number of hydrogen-bond donors (Lipinski definition) is 1. The standard InChI is InChI=1S/C11H10BrF3N2/c12-6-1-4-8(9(5-6)11(13,14)15)10(16)17-7-2-3-7/h1,4-5,7H,2-3H2,(H2,16,17). The summed E-state index contributed by atoms with van der Waals surface area (Å²) >= 11 is 3.02. The van der Waals surface area contributed by atoms with Gasteiger partial charge in [0.05, 0.1) is 11.6 Å². The average Bonchev–Trinajstić information content (AvgIpc) is 3.00. The first-order valence-electron chi connectivity index (χ1n) is 5.08. The number of nitrogens with two attached hydrogens (primary N) is 1. The molecule has 0 radical (unpaired) electrons. The maximum absolute atomic E-state index is 12.8. The minimum Gasteiger partial charge on any atom is -0.383 e. The van der Waals surface area contributed by atoms with Gasteiger partial charge in [0.25, 0.3) is 0 Å². The van der Waals surface area contributed by atoms with Crippen molar-refractivity contribution in [3.8, 4) is 0 Å². The Bertz CT molecular complexity index is 464. The molecule has 0 heterocycles. The number of hydrogen-bond acceptors (Lipinski definition) is 1. The van der Waals surface area contributed by atoms with Gasteiger partial charge in [-0.25, -0.2) is 0 Å². The number of benzene rings is 1. The van der Waals surface area contributed by atoms with E-state index in [2.05, 4.69) is 20.9 Å². The SMILES string of the molecule is NC(=NC1CC1)c1ccc(Br)cc1C(F)(F)F. The van der Waals surface area contributed by atoms with Crippen LogP contribution in [0.5, 0.6) is 0 Å². The fourth-order valence-electron chi connectivity index (χ4n) is 1.44. The second kappa shape index (κ2) is 4.33. The monoisotopic (exact) mass is 306 g/mol. The summed E-state index contributed by atoms with van der Waals surface area (Å²) in [5.41, 5.74) is 4.81. The second-order valence-corrected chi connectivity index (χ2v) is 4.85. The van der Waals surface area contributed by atoms with Crippen LogP contribution in [0.4, 0.5) is 13.2 Å². The van der Waals surface area contributed by atoms with Gasteiger partial charge in [-0.05, 0) is 31.0 Å². The van der Waals surface area contributed by atoms with Crippen LogP contribution < -0.4 is 5.73 Å². The highest BCUT2D eigenvalue weighted by Crippen LogP contribution is 2.34. The lowest BCUT2D eigenvalue weighted by atomic mass is 10.1. The minimum atomic E-state index is -4.43. The van der Waals surface area contributed by atoms with E-state index >= 15 is 0 Å². The van der Waals surface area contributed by atoms with Crippen LogP contribution in [0.15, 0.2) is 27.7 Å². The molecule has 92 valence electrons. The van der Waals surface area contributed by atoms with E-state index in [1.165, 1.54) is 12.1 Å². The zero-order valence-electron chi connectivity index (χ0n) is 8.76. The van der Waals surface area contributed by atoms with E-state index in [-0.39, 0.29) is 17.4 Å². The molecule has 2 nitrogen and oxygen atoms in total. The molecule has 1 aromatic rings. The maximum atomic E-state index is 12.8. The zero-order valence-corrected chi connectivity index (χ0v) is 10.3. The van der Waals surface area contributed by atoms with E-state index in [9.17, 15) is 13.2 Å². The van der Waals surface area contributed by atoms with Gasteiger partial charge < -0.3 is 5.73 Å². The first kappa shape index (κ1) is 12.4. The van der Waals surface area contributed by atoms with Crippen molar-refractivity contribution < 1.29 is 13.2 Å².